The van der Waals surface area contributed by atoms with Gasteiger partial charge >= 0.3 is 6.16 Å². The first-order valence-corrected chi connectivity index (χ1v) is 11.9. The van der Waals surface area contributed by atoms with Gasteiger partial charge in [0.2, 0.25) is 0 Å². The molecule has 3 nitrogen and oxygen atoms in total. The maximum absolute atomic E-state index is 12.4. The van der Waals surface area contributed by atoms with Crippen molar-refractivity contribution in [1.29, 1.82) is 0 Å². The van der Waals surface area contributed by atoms with Crippen LogP contribution in [0.25, 0.3) is 0 Å². The highest BCUT2D eigenvalue weighted by atomic mass is 16.7. The van der Waals surface area contributed by atoms with Gasteiger partial charge in [0, 0.05) is 10.8 Å². The summed E-state index contributed by atoms with van der Waals surface area (Å²) in [5.41, 5.74) is 5.64. The lowest BCUT2D eigenvalue weighted by atomic mass is 9.78. The van der Waals surface area contributed by atoms with Crippen LogP contribution in [0, 0.1) is 6.92 Å². The number of carbonyl (C=O) groups is 1. The van der Waals surface area contributed by atoms with E-state index in [-0.39, 0.29) is 10.8 Å². The van der Waals surface area contributed by atoms with Gasteiger partial charge in [-0.15, -0.1) is 0 Å². The summed E-state index contributed by atoms with van der Waals surface area (Å²) in [6, 6.07) is 34.1. The standard InChI is InChI=1S/C32H32O3/c1-23-11-13-25(14-12-23)32(4,5)27-17-21-29(22-18-27)35-30(33)34-28-19-15-26(16-20-28)31(2,3)24-9-7-6-8-10-24/h6-22H,1-5H3. The van der Waals surface area contributed by atoms with E-state index in [4.69, 9.17) is 9.47 Å². The molecule has 4 aromatic rings. The first-order valence-electron chi connectivity index (χ1n) is 11.9. The van der Waals surface area contributed by atoms with E-state index in [1.165, 1.54) is 16.7 Å². The maximum Gasteiger partial charge on any atom is 0.519 e. The Morgan fingerprint density at radius 3 is 1.26 bits per heavy atom. The monoisotopic (exact) mass is 464 g/mol. The topological polar surface area (TPSA) is 35.5 Å². The minimum Gasteiger partial charge on any atom is -0.395 e. The molecule has 0 spiro atoms. The fourth-order valence-corrected chi connectivity index (χ4v) is 4.25. The Hall–Kier alpha value is -3.85. The number of benzene rings is 4. The fourth-order valence-electron chi connectivity index (χ4n) is 4.25. The fraction of sp³-hybridized carbons (Fsp3) is 0.219. The van der Waals surface area contributed by atoms with Crippen LogP contribution in [0.2, 0.25) is 0 Å². The van der Waals surface area contributed by atoms with Gasteiger partial charge in [-0.2, -0.15) is 0 Å². The average Bonchev–Trinajstić information content (AvgIpc) is 2.85. The minimum absolute atomic E-state index is 0.158. The highest BCUT2D eigenvalue weighted by molar-refractivity contribution is 5.67. The number of carbonyl (C=O) groups excluding carboxylic acids is 1. The number of ether oxygens (including phenoxy) is 2. The van der Waals surface area contributed by atoms with Crippen molar-refractivity contribution in [1.82, 2.24) is 0 Å². The zero-order valence-electron chi connectivity index (χ0n) is 21.0. The third kappa shape index (κ3) is 5.46. The molecule has 0 unspecified atom stereocenters. The predicted molar refractivity (Wildman–Crippen MR) is 141 cm³/mol. The van der Waals surface area contributed by atoms with Crippen molar-refractivity contribution >= 4 is 6.16 Å². The Bertz CT molecular complexity index is 1270. The van der Waals surface area contributed by atoms with Gasteiger partial charge < -0.3 is 9.47 Å². The molecule has 4 rings (SSSR count). The van der Waals surface area contributed by atoms with Crippen LogP contribution < -0.4 is 9.47 Å². The van der Waals surface area contributed by atoms with E-state index in [2.05, 4.69) is 71.0 Å². The van der Waals surface area contributed by atoms with Gasteiger partial charge in [-0.3, -0.25) is 0 Å². The van der Waals surface area contributed by atoms with Crippen LogP contribution in [0.1, 0.15) is 55.5 Å². The molecule has 4 aromatic carbocycles. The van der Waals surface area contributed by atoms with Gasteiger partial charge in [0.1, 0.15) is 11.5 Å². The van der Waals surface area contributed by atoms with E-state index in [1.807, 2.05) is 42.5 Å². The summed E-state index contributed by atoms with van der Waals surface area (Å²) >= 11 is 0. The largest absolute Gasteiger partial charge is 0.519 e. The molecule has 0 aliphatic carbocycles. The average molecular weight is 465 g/mol. The normalized spacial score (nSPS) is 11.7. The molecule has 0 aromatic heterocycles. The van der Waals surface area contributed by atoms with Gasteiger partial charge in [0.15, 0.2) is 0 Å². The summed E-state index contributed by atoms with van der Waals surface area (Å²) in [5, 5.41) is 0. The highest BCUT2D eigenvalue weighted by Crippen LogP contribution is 2.34. The summed E-state index contributed by atoms with van der Waals surface area (Å²) in [7, 11) is 0. The van der Waals surface area contributed by atoms with Crippen LogP contribution in [0.4, 0.5) is 4.79 Å². The van der Waals surface area contributed by atoms with Crippen LogP contribution in [0.15, 0.2) is 103 Å². The van der Waals surface area contributed by atoms with Crippen molar-refractivity contribution < 1.29 is 14.3 Å². The van der Waals surface area contributed by atoms with Crippen LogP contribution in [0.3, 0.4) is 0 Å². The second-order valence-electron chi connectivity index (χ2n) is 9.98. The second kappa shape index (κ2) is 9.79. The van der Waals surface area contributed by atoms with E-state index >= 15 is 0 Å². The van der Waals surface area contributed by atoms with Gasteiger partial charge in [-0.1, -0.05) is 112 Å². The Morgan fingerprint density at radius 1 is 0.514 bits per heavy atom. The van der Waals surface area contributed by atoms with Gasteiger partial charge in [-0.05, 0) is 53.4 Å². The maximum atomic E-state index is 12.4. The molecular formula is C32H32O3. The third-order valence-corrected chi connectivity index (χ3v) is 6.82. The molecule has 0 fully saturated rings. The molecule has 0 aliphatic heterocycles. The Kier molecular flexibility index (Phi) is 6.79. The van der Waals surface area contributed by atoms with Crippen LogP contribution in [-0.2, 0) is 10.8 Å². The highest BCUT2D eigenvalue weighted by Gasteiger charge is 2.24. The Balaban J connectivity index is 1.39. The first-order chi connectivity index (χ1) is 16.7. The van der Waals surface area contributed by atoms with Crippen molar-refractivity contribution in [2.45, 2.75) is 45.4 Å². The van der Waals surface area contributed by atoms with E-state index in [0.717, 1.165) is 11.1 Å². The Labute approximate surface area is 208 Å². The summed E-state index contributed by atoms with van der Waals surface area (Å²) < 4.78 is 10.8. The number of aryl methyl sites for hydroxylation is 1. The predicted octanol–water partition coefficient (Wildman–Crippen LogP) is 8.22. The molecule has 0 radical (unpaired) electrons. The summed E-state index contributed by atoms with van der Waals surface area (Å²) in [4.78, 5) is 12.4. The zero-order valence-corrected chi connectivity index (χ0v) is 21.0. The van der Waals surface area contributed by atoms with Crippen molar-refractivity contribution in [3.63, 3.8) is 0 Å². The molecule has 178 valence electrons. The van der Waals surface area contributed by atoms with Gasteiger partial charge in [0.25, 0.3) is 0 Å². The molecule has 0 saturated heterocycles. The van der Waals surface area contributed by atoms with Crippen molar-refractivity contribution in [3.05, 3.63) is 131 Å². The van der Waals surface area contributed by atoms with E-state index in [0.29, 0.717) is 11.5 Å². The molecular weight excluding hydrogens is 432 g/mol. The van der Waals surface area contributed by atoms with Crippen LogP contribution in [-0.4, -0.2) is 6.16 Å². The first kappa shape index (κ1) is 24.3. The number of rotatable bonds is 6. The molecule has 0 saturated carbocycles. The van der Waals surface area contributed by atoms with E-state index < -0.39 is 6.16 Å². The summed E-state index contributed by atoms with van der Waals surface area (Å²) in [5.74, 6) is 0.889. The molecule has 0 bridgehead atoms. The van der Waals surface area contributed by atoms with Crippen molar-refractivity contribution in [3.8, 4) is 11.5 Å². The van der Waals surface area contributed by atoms with Gasteiger partial charge in [-0.25, -0.2) is 4.79 Å². The molecule has 0 amide bonds. The Morgan fingerprint density at radius 2 is 0.857 bits per heavy atom. The number of hydrogen-bond donors (Lipinski definition) is 0. The smallest absolute Gasteiger partial charge is 0.395 e. The number of hydrogen-bond acceptors (Lipinski definition) is 3. The van der Waals surface area contributed by atoms with Gasteiger partial charge in [0.05, 0.1) is 0 Å². The van der Waals surface area contributed by atoms with Crippen molar-refractivity contribution in [2.75, 3.05) is 0 Å². The molecule has 0 heterocycles. The zero-order chi connectivity index (χ0) is 25.1. The molecule has 3 heteroatoms. The van der Waals surface area contributed by atoms with E-state index in [9.17, 15) is 4.79 Å². The molecule has 0 aliphatic rings. The van der Waals surface area contributed by atoms with E-state index in [1.54, 1.807) is 24.3 Å². The van der Waals surface area contributed by atoms with Crippen LogP contribution >= 0.6 is 0 Å². The molecule has 0 N–H and O–H groups in total. The lowest BCUT2D eigenvalue weighted by Crippen LogP contribution is -2.19. The molecule has 35 heavy (non-hydrogen) atoms. The van der Waals surface area contributed by atoms with Crippen molar-refractivity contribution in [2.24, 2.45) is 0 Å². The SMILES string of the molecule is Cc1ccc(C(C)(C)c2ccc(OC(=O)Oc3ccc(C(C)(C)c4ccccc4)cc3)cc2)cc1. The summed E-state index contributed by atoms with van der Waals surface area (Å²) in [6.45, 7) is 10.8. The quantitative estimate of drug-likeness (QED) is 0.213. The third-order valence-electron chi connectivity index (χ3n) is 6.82. The lowest BCUT2D eigenvalue weighted by Gasteiger charge is -2.26. The lowest BCUT2D eigenvalue weighted by molar-refractivity contribution is 0.152. The minimum atomic E-state index is -0.759. The van der Waals surface area contributed by atoms with Crippen LogP contribution in [0.5, 0.6) is 11.5 Å². The molecule has 0 atom stereocenters. The summed E-state index contributed by atoms with van der Waals surface area (Å²) in [6.07, 6.45) is -0.759. The second-order valence-corrected chi connectivity index (χ2v) is 9.98.